The molecule has 0 rings (SSSR count). The first-order valence-corrected chi connectivity index (χ1v) is 2.35. The van der Waals surface area contributed by atoms with E-state index >= 15 is 0 Å². The Labute approximate surface area is 179 Å². The summed E-state index contributed by atoms with van der Waals surface area (Å²) in [6, 6.07) is 0. The quantitative estimate of drug-likeness (QED) is 0.269. The second kappa shape index (κ2) is 124. The molecule has 0 spiro atoms. The van der Waals surface area contributed by atoms with Crippen LogP contribution in [0.4, 0.5) is 0 Å². The van der Waals surface area contributed by atoms with E-state index in [9.17, 15) is 0 Å². The van der Waals surface area contributed by atoms with E-state index in [1.165, 1.54) is 0 Å². The molecule has 0 heterocycles. The van der Waals surface area contributed by atoms with E-state index in [4.69, 9.17) is 19.2 Å². The summed E-state index contributed by atoms with van der Waals surface area (Å²) >= 11 is 0. The molecule has 0 unspecified atom stereocenters. The average molecular weight is 386 g/mol. The molecule has 20 heteroatoms. The van der Waals surface area contributed by atoms with Crippen LogP contribution in [0.25, 0.3) is 0 Å². The van der Waals surface area contributed by atoms with Crippen LogP contribution in [0, 0.1) is 0 Å². The van der Waals surface area contributed by atoms with Crippen LogP contribution in [0.1, 0.15) is 0 Å². The fourth-order valence-corrected chi connectivity index (χ4v) is 0. The Hall–Kier alpha value is 2.63. The Morgan fingerprint density at radius 3 is 0.400 bits per heavy atom. The summed E-state index contributed by atoms with van der Waals surface area (Å²) in [6.07, 6.45) is 0. The minimum atomic E-state index is -4.64. The fraction of sp³-hybridized carbons (Fsp3) is 0. The fourth-order valence-electron chi connectivity index (χ4n) is 0. The molecule has 0 aliphatic heterocycles. The first-order chi connectivity index (χ1) is 2.00. The van der Waals surface area contributed by atoms with Gasteiger partial charge in [0.2, 0.25) is 0 Å². The summed E-state index contributed by atoms with van der Waals surface area (Å²) in [6.45, 7) is 0. The van der Waals surface area contributed by atoms with Crippen LogP contribution >= 0.6 is 7.82 Å². The Morgan fingerprint density at radius 1 is 0.400 bits per heavy atom. The van der Waals surface area contributed by atoms with Crippen LogP contribution in [0.3, 0.4) is 0 Å². The number of hydrogen-bond donors (Lipinski definition) is 3. The normalized spacial score (nSPS) is 2.95. The first-order valence-electron chi connectivity index (χ1n) is 0.783. The first kappa shape index (κ1) is 241. The molecule has 134 valence electrons. The van der Waals surface area contributed by atoms with Crippen molar-refractivity contribution in [2.45, 2.75) is 0 Å². The van der Waals surface area contributed by atoms with Gasteiger partial charge in [-0.05, 0) is 0 Å². The SMILES string of the molecule is O.O.O.O.O.O.O.O.O.O.O.O.O=P(O)(O)O.[NaH].[NaH].[NaH]. The molecule has 0 aromatic carbocycles. The van der Waals surface area contributed by atoms with E-state index < -0.39 is 7.82 Å². The maximum absolute atomic E-state index is 8.88. The van der Waals surface area contributed by atoms with Crippen molar-refractivity contribution in [3.05, 3.63) is 0 Å². The third-order valence-electron chi connectivity index (χ3n) is 0. The Balaban J connectivity index is -0.000000000762. The van der Waals surface area contributed by atoms with E-state index in [0.717, 1.165) is 0 Å². The van der Waals surface area contributed by atoms with Crippen LogP contribution in [-0.2, 0) is 4.57 Å². The van der Waals surface area contributed by atoms with Crippen LogP contribution in [0.5, 0.6) is 0 Å². The zero-order valence-electron chi connectivity index (χ0n) is 8.20. The number of rotatable bonds is 0. The van der Waals surface area contributed by atoms with Crippen LogP contribution in [-0.4, -0.2) is 169 Å². The predicted octanol–water partition coefficient (Wildman–Crippen LogP) is -12.8. The van der Waals surface area contributed by atoms with Gasteiger partial charge in [-0.2, -0.15) is 0 Å². The third kappa shape index (κ3) is 1150. The monoisotopic (exact) mass is 386 g/mol. The molecule has 0 radical (unpaired) electrons. The number of phosphoric acid groups is 1. The molecule has 0 aromatic rings. The van der Waals surface area contributed by atoms with Crippen molar-refractivity contribution in [2.75, 3.05) is 0 Å². The second-order valence-corrected chi connectivity index (χ2v) is 1.54. The number of hydrogen-bond acceptors (Lipinski definition) is 1. The van der Waals surface area contributed by atoms with Gasteiger partial charge >= 0.3 is 96.5 Å². The summed E-state index contributed by atoms with van der Waals surface area (Å²) in [5.74, 6) is 0. The van der Waals surface area contributed by atoms with Gasteiger partial charge in [0.15, 0.2) is 0 Å². The van der Waals surface area contributed by atoms with E-state index in [0.29, 0.717) is 0 Å². The van der Waals surface area contributed by atoms with Crippen molar-refractivity contribution in [3.8, 4) is 0 Å². The molecule has 0 saturated carbocycles. The summed E-state index contributed by atoms with van der Waals surface area (Å²) in [5, 5.41) is 0. The second-order valence-electron chi connectivity index (χ2n) is 0.513. The molecule has 16 nitrogen and oxygen atoms in total. The third-order valence-corrected chi connectivity index (χ3v) is 0. The van der Waals surface area contributed by atoms with Gasteiger partial charge in [-0.25, -0.2) is 4.57 Å². The van der Waals surface area contributed by atoms with Gasteiger partial charge in [0.05, 0.1) is 0 Å². The van der Waals surface area contributed by atoms with Crippen molar-refractivity contribution in [1.82, 2.24) is 0 Å². The van der Waals surface area contributed by atoms with Gasteiger partial charge in [0.25, 0.3) is 0 Å². The molecule has 20 heavy (non-hydrogen) atoms. The zero-order valence-corrected chi connectivity index (χ0v) is 9.09. The van der Waals surface area contributed by atoms with Crippen molar-refractivity contribution in [1.29, 1.82) is 0 Å². The average Bonchev–Trinajstić information content (AvgIpc) is 0.722. The van der Waals surface area contributed by atoms with E-state index in [1.807, 2.05) is 0 Å². The maximum atomic E-state index is 8.88. The van der Waals surface area contributed by atoms with E-state index in [1.54, 1.807) is 0 Å². The summed E-state index contributed by atoms with van der Waals surface area (Å²) < 4.78 is 8.88. The van der Waals surface area contributed by atoms with Gasteiger partial charge in [0, 0.05) is 0 Å². The molecule has 0 aromatic heterocycles. The summed E-state index contributed by atoms with van der Waals surface area (Å²) in [7, 11) is -4.64. The molecular weight excluding hydrogens is 356 g/mol. The molecule has 27 N–H and O–H groups in total. The molecule has 0 aliphatic rings. The van der Waals surface area contributed by atoms with Gasteiger partial charge in [-0.15, -0.1) is 0 Å². The standard InChI is InChI=1S/3Na.H3O4P.12H2O.3H/c;;;1-5(2,3)4;;;;;;;;;;;;;;;/h;;;(H3,1,2,3,4);12*1H2;;;. The summed E-state index contributed by atoms with van der Waals surface area (Å²) in [5.41, 5.74) is 0. The van der Waals surface area contributed by atoms with Gasteiger partial charge in [-0.1, -0.05) is 0 Å². The van der Waals surface area contributed by atoms with Crippen LogP contribution in [0.15, 0.2) is 0 Å². The molecule has 0 fully saturated rings. The molecule has 0 aliphatic carbocycles. The topological polar surface area (TPSA) is 456 Å². The minimum absolute atomic E-state index is 0. The van der Waals surface area contributed by atoms with E-state index in [2.05, 4.69) is 0 Å². The zero-order chi connectivity index (χ0) is 4.50. The summed E-state index contributed by atoms with van der Waals surface area (Å²) in [4.78, 5) is 21.6. The molecular formula is H30Na3O16P. The van der Waals surface area contributed by atoms with Crippen molar-refractivity contribution in [3.63, 3.8) is 0 Å². The van der Waals surface area contributed by atoms with Crippen LogP contribution in [0.2, 0.25) is 0 Å². The molecule has 0 amide bonds. The van der Waals surface area contributed by atoms with Gasteiger partial charge in [0.1, 0.15) is 0 Å². The molecule has 0 atom stereocenters. The van der Waals surface area contributed by atoms with Crippen molar-refractivity contribution in [2.24, 2.45) is 0 Å². The van der Waals surface area contributed by atoms with E-state index in [-0.39, 0.29) is 154 Å². The predicted molar refractivity (Wildman–Crippen MR) is 79.1 cm³/mol. The Morgan fingerprint density at radius 2 is 0.400 bits per heavy atom. The van der Waals surface area contributed by atoms with Gasteiger partial charge in [-0.3, -0.25) is 0 Å². The van der Waals surface area contributed by atoms with Gasteiger partial charge < -0.3 is 80.4 Å². The Bertz CT molecular complexity index is 63.9. The molecule has 0 bridgehead atoms. The van der Waals surface area contributed by atoms with Crippen molar-refractivity contribution >= 4 is 96.5 Å². The van der Waals surface area contributed by atoms with Crippen LogP contribution < -0.4 is 0 Å². The van der Waals surface area contributed by atoms with Crippen molar-refractivity contribution < 1.29 is 85.0 Å². The molecule has 0 saturated heterocycles. The Kier molecular flexibility index (Phi) is 1490.